The highest BCUT2D eigenvalue weighted by atomic mass is 32.1. The van der Waals surface area contributed by atoms with Gasteiger partial charge in [0.05, 0.1) is 13.0 Å². The highest BCUT2D eigenvalue weighted by molar-refractivity contribution is 7.80. The minimum atomic E-state index is -0.0435. The number of carbonyl (C=O) groups is 1. The molecule has 2 fully saturated rings. The summed E-state index contributed by atoms with van der Waals surface area (Å²) in [5, 5.41) is 0. The van der Waals surface area contributed by atoms with Gasteiger partial charge in [-0.05, 0) is 42.8 Å². The van der Waals surface area contributed by atoms with E-state index in [1.807, 2.05) is 0 Å². The van der Waals surface area contributed by atoms with Gasteiger partial charge in [-0.25, -0.2) is 0 Å². The summed E-state index contributed by atoms with van der Waals surface area (Å²) in [7, 11) is 0. The molecule has 4 heteroatoms. The summed E-state index contributed by atoms with van der Waals surface area (Å²) in [6.07, 6.45) is 4.85. The highest BCUT2D eigenvalue weighted by Crippen LogP contribution is 2.49. The molecule has 1 aliphatic carbocycles. The maximum Gasteiger partial charge on any atom is 0.306 e. The van der Waals surface area contributed by atoms with Crippen molar-refractivity contribution in [3.05, 3.63) is 0 Å². The van der Waals surface area contributed by atoms with Crippen LogP contribution in [0.2, 0.25) is 0 Å². The summed E-state index contributed by atoms with van der Waals surface area (Å²) in [5.41, 5.74) is 0.176. The molecule has 0 aromatic heterocycles. The van der Waals surface area contributed by atoms with Crippen LogP contribution in [0.4, 0.5) is 0 Å². The van der Waals surface area contributed by atoms with Crippen molar-refractivity contribution in [2.45, 2.75) is 32.1 Å². The van der Waals surface area contributed by atoms with Crippen molar-refractivity contribution in [1.29, 1.82) is 0 Å². The van der Waals surface area contributed by atoms with Crippen LogP contribution in [-0.4, -0.2) is 31.5 Å². The lowest BCUT2D eigenvalue weighted by atomic mass is 10.0. The maximum atomic E-state index is 11.6. The normalized spacial score (nSPS) is 24.1. The molecule has 1 aliphatic heterocycles. The zero-order valence-electron chi connectivity index (χ0n) is 9.61. The fourth-order valence-electron chi connectivity index (χ4n) is 2.05. The lowest BCUT2D eigenvalue weighted by Gasteiger charge is -2.22. The third-order valence-electron chi connectivity index (χ3n) is 3.63. The number of thiol groups is 1. The van der Waals surface area contributed by atoms with Crippen LogP contribution in [0.15, 0.2) is 0 Å². The third kappa shape index (κ3) is 3.39. The molecule has 0 N–H and O–H groups in total. The SMILES string of the molecule is O=C(CC1(CS)CC1)OCC1CCOCC1. The zero-order valence-corrected chi connectivity index (χ0v) is 10.5. The van der Waals surface area contributed by atoms with E-state index in [-0.39, 0.29) is 11.4 Å². The van der Waals surface area contributed by atoms with Crippen LogP contribution in [0.1, 0.15) is 32.1 Å². The van der Waals surface area contributed by atoms with E-state index in [0.717, 1.165) is 44.6 Å². The van der Waals surface area contributed by atoms with Crippen LogP contribution in [0.3, 0.4) is 0 Å². The Kier molecular flexibility index (Phi) is 4.14. The first-order valence-corrected chi connectivity index (χ1v) is 6.72. The van der Waals surface area contributed by atoms with Gasteiger partial charge in [-0.3, -0.25) is 4.79 Å². The van der Waals surface area contributed by atoms with Crippen molar-refractivity contribution >= 4 is 18.6 Å². The van der Waals surface area contributed by atoms with Gasteiger partial charge < -0.3 is 9.47 Å². The molecule has 3 nitrogen and oxygen atoms in total. The first-order valence-electron chi connectivity index (χ1n) is 6.08. The van der Waals surface area contributed by atoms with Crippen LogP contribution in [0, 0.1) is 11.3 Å². The third-order valence-corrected chi connectivity index (χ3v) is 4.30. The second-order valence-electron chi connectivity index (χ2n) is 5.07. The van der Waals surface area contributed by atoms with Gasteiger partial charge in [-0.15, -0.1) is 0 Å². The first kappa shape index (κ1) is 12.2. The molecule has 0 bridgehead atoms. The van der Waals surface area contributed by atoms with E-state index in [4.69, 9.17) is 9.47 Å². The van der Waals surface area contributed by atoms with Crippen LogP contribution in [0.5, 0.6) is 0 Å². The molecule has 16 heavy (non-hydrogen) atoms. The van der Waals surface area contributed by atoms with Crippen LogP contribution in [-0.2, 0) is 14.3 Å². The fourth-order valence-corrected chi connectivity index (χ4v) is 2.48. The minimum Gasteiger partial charge on any atom is -0.465 e. The van der Waals surface area contributed by atoms with Gasteiger partial charge in [0.25, 0.3) is 0 Å². The summed E-state index contributed by atoms with van der Waals surface area (Å²) in [4.78, 5) is 11.6. The van der Waals surface area contributed by atoms with Crippen LogP contribution < -0.4 is 0 Å². The largest absolute Gasteiger partial charge is 0.465 e. The molecule has 0 aromatic rings. The van der Waals surface area contributed by atoms with Crippen molar-refractivity contribution in [1.82, 2.24) is 0 Å². The van der Waals surface area contributed by atoms with Crippen molar-refractivity contribution in [2.24, 2.45) is 11.3 Å². The van der Waals surface area contributed by atoms with E-state index in [0.29, 0.717) is 18.9 Å². The number of ether oxygens (including phenoxy) is 2. The second-order valence-corrected chi connectivity index (χ2v) is 5.39. The molecular formula is C12H20O3S. The predicted octanol–water partition coefficient (Wildman–Crippen LogP) is 2.06. The van der Waals surface area contributed by atoms with Crippen molar-refractivity contribution in [3.63, 3.8) is 0 Å². The maximum absolute atomic E-state index is 11.6. The molecule has 0 amide bonds. The van der Waals surface area contributed by atoms with E-state index < -0.39 is 0 Å². The fraction of sp³-hybridized carbons (Fsp3) is 0.917. The Balaban J connectivity index is 1.63. The average molecular weight is 244 g/mol. The highest BCUT2D eigenvalue weighted by Gasteiger charge is 2.43. The molecule has 2 aliphatic rings. The molecule has 1 heterocycles. The molecule has 2 rings (SSSR count). The van der Waals surface area contributed by atoms with E-state index in [1.54, 1.807) is 0 Å². The number of esters is 1. The smallest absolute Gasteiger partial charge is 0.306 e. The van der Waals surface area contributed by atoms with Crippen molar-refractivity contribution in [2.75, 3.05) is 25.6 Å². The topological polar surface area (TPSA) is 35.5 Å². The van der Waals surface area contributed by atoms with E-state index in [1.165, 1.54) is 0 Å². The van der Waals surface area contributed by atoms with Gasteiger partial charge in [0.1, 0.15) is 0 Å². The quantitative estimate of drug-likeness (QED) is 0.594. The molecular weight excluding hydrogens is 224 g/mol. The lowest BCUT2D eigenvalue weighted by molar-refractivity contribution is -0.147. The Hall–Kier alpha value is -0.220. The Labute approximate surface area is 102 Å². The molecule has 0 spiro atoms. The second kappa shape index (κ2) is 5.41. The van der Waals surface area contributed by atoms with Crippen LogP contribution in [0.25, 0.3) is 0 Å². The molecule has 0 unspecified atom stereocenters. The molecule has 0 aromatic carbocycles. The number of hydrogen-bond donors (Lipinski definition) is 1. The summed E-state index contributed by atoms with van der Waals surface area (Å²) in [5.74, 6) is 1.27. The molecule has 92 valence electrons. The van der Waals surface area contributed by atoms with Gasteiger partial charge in [0.2, 0.25) is 0 Å². The Morgan fingerprint density at radius 3 is 2.62 bits per heavy atom. The van der Waals surface area contributed by atoms with E-state index in [9.17, 15) is 4.79 Å². The summed E-state index contributed by atoms with van der Waals surface area (Å²) in [6, 6.07) is 0. The summed E-state index contributed by atoms with van der Waals surface area (Å²) >= 11 is 4.28. The monoisotopic (exact) mass is 244 g/mol. The number of carbonyl (C=O) groups excluding carboxylic acids is 1. The predicted molar refractivity (Wildman–Crippen MR) is 64.6 cm³/mol. The Bertz CT molecular complexity index is 245. The molecule has 1 saturated heterocycles. The van der Waals surface area contributed by atoms with Gasteiger partial charge >= 0.3 is 5.97 Å². The van der Waals surface area contributed by atoms with E-state index >= 15 is 0 Å². The lowest BCUT2D eigenvalue weighted by Crippen LogP contribution is -2.23. The van der Waals surface area contributed by atoms with Crippen molar-refractivity contribution < 1.29 is 14.3 Å². The van der Waals surface area contributed by atoms with Crippen LogP contribution >= 0.6 is 12.6 Å². The number of hydrogen-bond acceptors (Lipinski definition) is 4. The van der Waals surface area contributed by atoms with E-state index in [2.05, 4.69) is 12.6 Å². The zero-order chi connectivity index (χ0) is 11.4. The Morgan fingerprint density at radius 2 is 2.06 bits per heavy atom. The van der Waals surface area contributed by atoms with Gasteiger partial charge in [-0.1, -0.05) is 0 Å². The molecule has 1 saturated carbocycles. The summed E-state index contributed by atoms with van der Waals surface area (Å²) < 4.78 is 10.6. The molecule has 0 atom stereocenters. The first-order chi connectivity index (χ1) is 7.74. The van der Waals surface area contributed by atoms with Crippen molar-refractivity contribution in [3.8, 4) is 0 Å². The van der Waals surface area contributed by atoms with Gasteiger partial charge in [-0.2, -0.15) is 12.6 Å². The summed E-state index contributed by atoms with van der Waals surface area (Å²) in [6.45, 7) is 2.19. The van der Waals surface area contributed by atoms with Gasteiger partial charge in [0.15, 0.2) is 0 Å². The minimum absolute atomic E-state index is 0.0435. The molecule has 0 radical (unpaired) electrons. The number of rotatable bonds is 5. The standard InChI is InChI=1S/C12H20O3S/c13-11(7-12(9-16)3-4-12)15-8-10-1-5-14-6-2-10/h10,16H,1-9H2. The Morgan fingerprint density at radius 1 is 1.38 bits per heavy atom. The average Bonchev–Trinajstić information content (AvgIpc) is 3.08. The van der Waals surface area contributed by atoms with Gasteiger partial charge in [0, 0.05) is 13.2 Å².